The zero-order chi connectivity index (χ0) is 12.8. The molecule has 1 aromatic heterocycles. The van der Waals surface area contributed by atoms with E-state index < -0.39 is 0 Å². The summed E-state index contributed by atoms with van der Waals surface area (Å²) in [5.74, 6) is -0.0792. The monoisotopic (exact) mass is 251 g/mol. The summed E-state index contributed by atoms with van der Waals surface area (Å²) in [5.41, 5.74) is 0.686. The summed E-state index contributed by atoms with van der Waals surface area (Å²) in [5, 5.41) is 9.27. The first-order valence-electron chi connectivity index (χ1n) is 6.74. The van der Waals surface area contributed by atoms with Crippen LogP contribution in [0.4, 0.5) is 5.69 Å². The molecule has 1 amide bonds. The van der Waals surface area contributed by atoms with E-state index in [1.54, 1.807) is 12.4 Å². The highest BCUT2D eigenvalue weighted by Crippen LogP contribution is 2.22. The number of aromatic nitrogens is 2. The van der Waals surface area contributed by atoms with E-state index >= 15 is 0 Å². The van der Waals surface area contributed by atoms with Crippen molar-refractivity contribution in [3.63, 3.8) is 0 Å². The highest BCUT2D eigenvalue weighted by atomic mass is 16.5. The minimum absolute atomic E-state index is 0.0792. The molecule has 1 fully saturated rings. The molecule has 1 atom stereocenters. The number of hydrogen-bond donors (Lipinski definition) is 2. The van der Waals surface area contributed by atoms with Crippen molar-refractivity contribution in [1.82, 2.24) is 10.2 Å². The maximum absolute atomic E-state index is 12.0. The number of ether oxygens (including phenoxy) is 1. The third kappa shape index (κ3) is 3.57. The molecule has 0 spiro atoms. The van der Waals surface area contributed by atoms with Gasteiger partial charge in [0.15, 0.2) is 0 Å². The molecule has 100 valence electrons. The number of carbonyl (C=O) groups is 1. The number of H-pyrrole nitrogens is 1. The van der Waals surface area contributed by atoms with Crippen molar-refractivity contribution >= 4 is 11.6 Å². The van der Waals surface area contributed by atoms with Crippen LogP contribution in [0.1, 0.15) is 45.4 Å². The lowest BCUT2D eigenvalue weighted by Crippen LogP contribution is -2.34. The van der Waals surface area contributed by atoms with Gasteiger partial charge >= 0.3 is 0 Å². The summed E-state index contributed by atoms with van der Waals surface area (Å²) in [4.78, 5) is 12.0. The quantitative estimate of drug-likeness (QED) is 0.844. The molecule has 1 aromatic rings. The Bertz CT molecular complexity index is 358. The van der Waals surface area contributed by atoms with Crippen LogP contribution >= 0.6 is 0 Å². The standard InChI is InChI=1S/C13H21N3O2/c1-2-12(18-11-6-4-3-5-7-11)13(17)16-10-8-14-15-9-10/h8-9,11-12H,2-7H2,1H3,(H,14,15)(H,16,17). The van der Waals surface area contributed by atoms with E-state index in [2.05, 4.69) is 15.5 Å². The molecule has 1 unspecified atom stereocenters. The Morgan fingerprint density at radius 1 is 1.56 bits per heavy atom. The Hall–Kier alpha value is -1.36. The number of aromatic amines is 1. The fourth-order valence-electron chi connectivity index (χ4n) is 2.32. The molecule has 5 nitrogen and oxygen atoms in total. The first-order valence-corrected chi connectivity index (χ1v) is 6.74. The minimum Gasteiger partial charge on any atom is -0.365 e. The van der Waals surface area contributed by atoms with Gasteiger partial charge in [-0.15, -0.1) is 0 Å². The van der Waals surface area contributed by atoms with Gasteiger partial charge in [-0.2, -0.15) is 5.10 Å². The molecule has 18 heavy (non-hydrogen) atoms. The van der Waals surface area contributed by atoms with Crippen LogP contribution in [0.5, 0.6) is 0 Å². The highest BCUT2D eigenvalue weighted by molar-refractivity contribution is 5.93. The minimum atomic E-state index is -0.358. The average molecular weight is 251 g/mol. The molecular weight excluding hydrogens is 230 g/mol. The van der Waals surface area contributed by atoms with Crippen LogP contribution in [0.15, 0.2) is 12.4 Å². The van der Waals surface area contributed by atoms with Crippen molar-refractivity contribution < 1.29 is 9.53 Å². The van der Waals surface area contributed by atoms with Gasteiger partial charge in [-0.3, -0.25) is 9.89 Å². The number of anilines is 1. The number of rotatable bonds is 5. The Kier molecular flexibility index (Phi) is 4.75. The molecule has 1 aliphatic rings. The highest BCUT2D eigenvalue weighted by Gasteiger charge is 2.23. The number of nitrogens with zero attached hydrogens (tertiary/aromatic N) is 1. The van der Waals surface area contributed by atoms with Gasteiger partial charge in [-0.25, -0.2) is 0 Å². The SMILES string of the molecule is CCC(OC1CCCCC1)C(=O)Nc1cn[nH]c1. The summed E-state index contributed by atoms with van der Waals surface area (Å²) >= 11 is 0. The van der Waals surface area contributed by atoms with Gasteiger partial charge in [0.05, 0.1) is 18.0 Å². The number of nitrogens with one attached hydrogen (secondary N) is 2. The fourth-order valence-corrected chi connectivity index (χ4v) is 2.32. The molecule has 0 radical (unpaired) electrons. The van der Waals surface area contributed by atoms with Crippen LogP contribution < -0.4 is 5.32 Å². The van der Waals surface area contributed by atoms with Gasteiger partial charge in [-0.05, 0) is 19.3 Å². The van der Waals surface area contributed by atoms with Crippen LogP contribution in [0.2, 0.25) is 0 Å². The van der Waals surface area contributed by atoms with Crippen LogP contribution in [0, 0.1) is 0 Å². The van der Waals surface area contributed by atoms with Gasteiger partial charge in [-0.1, -0.05) is 26.2 Å². The van der Waals surface area contributed by atoms with Gasteiger partial charge in [0.1, 0.15) is 6.10 Å². The topological polar surface area (TPSA) is 67.0 Å². The molecule has 2 rings (SSSR count). The van der Waals surface area contributed by atoms with Crippen LogP contribution in [-0.2, 0) is 9.53 Å². The van der Waals surface area contributed by atoms with E-state index in [0.717, 1.165) is 12.8 Å². The molecule has 5 heteroatoms. The first kappa shape index (κ1) is 13.1. The third-order valence-corrected chi connectivity index (χ3v) is 3.34. The molecule has 1 saturated carbocycles. The Balaban J connectivity index is 1.85. The fraction of sp³-hybridized carbons (Fsp3) is 0.692. The Labute approximate surface area is 107 Å². The number of amides is 1. The van der Waals surface area contributed by atoms with E-state index in [4.69, 9.17) is 4.74 Å². The molecule has 2 N–H and O–H groups in total. The van der Waals surface area contributed by atoms with Crippen molar-refractivity contribution in [2.45, 2.75) is 57.7 Å². The van der Waals surface area contributed by atoms with Crippen molar-refractivity contribution in [2.24, 2.45) is 0 Å². The maximum Gasteiger partial charge on any atom is 0.253 e. The first-order chi connectivity index (χ1) is 8.79. The second-order valence-corrected chi connectivity index (χ2v) is 4.77. The molecule has 1 heterocycles. The lowest BCUT2D eigenvalue weighted by molar-refractivity contribution is -0.132. The predicted molar refractivity (Wildman–Crippen MR) is 69.3 cm³/mol. The average Bonchev–Trinajstić information content (AvgIpc) is 2.90. The van der Waals surface area contributed by atoms with Gasteiger partial charge in [0.2, 0.25) is 0 Å². The van der Waals surface area contributed by atoms with Crippen molar-refractivity contribution in [3.8, 4) is 0 Å². The van der Waals surface area contributed by atoms with Crippen LogP contribution in [0.3, 0.4) is 0 Å². The van der Waals surface area contributed by atoms with Gasteiger partial charge in [0, 0.05) is 6.20 Å². The second-order valence-electron chi connectivity index (χ2n) is 4.77. The van der Waals surface area contributed by atoms with Crippen molar-refractivity contribution in [3.05, 3.63) is 12.4 Å². The second kappa shape index (κ2) is 6.54. The van der Waals surface area contributed by atoms with E-state index in [9.17, 15) is 4.79 Å². The third-order valence-electron chi connectivity index (χ3n) is 3.34. The van der Waals surface area contributed by atoms with Crippen molar-refractivity contribution in [2.75, 3.05) is 5.32 Å². The Morgan fingerprint density at radius 3 is 2.94 bits per heavy atom. The molecule has 0 bridgehead atoms. The van der Waals surface area contributed by atoms with E-state index in [0.29, 0.717) is 12.1 Å². The van der Waals surface area contributed by atoms with Crippen LogP contribution in [-0.4, -0.2) is 28.3 Å². The largest absolute Gasteiger partial charge is 0.365 e. The zero-order valence-electron chi connectivity index (χ0n) is 10.8. The van der Waals surface area contributed by atoms with Gasteiger partial charge < -0.3 is 10.1 Å². The molecule has 1 aliphatic carbocycles. The summed E-state index contributed by atoms with van der Waals surface area (Å²) in [6.07, 6.45) is 9.70. The number of hydrogen-bond acceptors (Lipinski definition) is 3. The Morgan fingerprint density at radius 2 is 2.33 bits per heavy atom. The summed E-state index contributed by atoms with van der Waals surface area (Å²) < 4.78 is 5.91. The summed E-state index contributed by atoms with van der Waals surface area (Å²) in [6, 6.07) is 0. The maximum atomic E-state index is 12.0. The molecule has 0 saturated heterocycles. The molecule has 0 aliphatic heterocycles. The normalized spacial score (nSPS) is 18.5. The van der Waals surface area contributed by atoms with Crippen LogP contribution in [0.25, 0.3) is 0 Å². The predicted octanol–water partition coefficient (Wildman–Crippen LogP) is 2.48. The summed E-state index contributed by atoms with van der Waals surface area (Å²) in [6.45, 7) is 1.97. The lowest BCUT2D eigenvalue weighted by Gasteiger charge is -2.26. The lowest BCUT2D eigenvalue weighted by atomic mass is 9.97. The summed E-state index contributed by atoms with van der Waals surface area (Å²) in [7, 11) is 0. The zero-order valence-corrected chi connectivity index (χ0v) is 10.8. The molecular formula is C13H21N3O2. The van der Waals surface area contributed by atoms with E-state index in [-0.39, 0.29) is 18.1 Å². The smallest absolute Gasteiger partial charge is 0.253 e. The van der Waals surface area contributed by atoms with E-state index in [1.165, 1.54) is 19.3 Å². The number of carbonyl (C=O) groups excluding carboxylic acids is 1. The molecule has 0 aromatic carbocycles. The van der Waals surface area contributed by atoms with Crippen molar-refractivity contribution in [1.29, 1.82) is 0 Å². The van der Waals surface area contributed by atoms with Gasteiger partial charge in [0.25, 0.3) is 5.91 Å². The van der Waals surface area contributed by atoms with E-state index in [1.807, 2.05) is 6.92 Å².